The van der Waals surface area contributed by atoms with Crippen molar-refractivity contribution in [3.05, 3.63) is 0 Å². The summed E-state index contributed by atoms with van der Waals surface area (Å²) in [5.74, 6) is 1.11. The van der Waals surface area contributed by atoms with Gasteiger partial charge in [-0.2, -0.15) is 0 Å². The molecule has 14 heteroatoms. The number of carbonyl (C=O) groups excluding carboxylic acids is 6. The highest BCUT2D eigenvalue weighted by Gasteiger charge is 2.65. The van der Waals surface area contributed by atoms with Gasteiger partial charge in [-0.25, -0.2) is 4.79 Å². The third-order valence-electron chi connectivity index (χ3n) is 19.6. The van der Waals surface area contributed by atoms with E-state index < -0.39 is 46.1 Å². The predicted octanol–water partition coefficient (Wildman–Crippen LogP) is 11.5. The first-order valence-corrected chi connectivity index (χ1v) is 28.9. The molecular weight excluding hydrogens is 945 g/mol. The molecule has 0 radical (unpaired) electrons. The number of aliphatic hydroxyl groups is 1. The summed E-state index contributed by atoms with van der Waals surface area (Å²) >= 11 is 0. The van der Waals surface area contributed by atoms with Crippen LogP contribution in [0.2, 0.25) is 0 Å². The normalized spacial score (nSPS) is 34.4. The zero-order chi connectivity index (χ0) is 55.0. The summed E-state index contributed by atoms with van der Waals surface area (Å²) < 4.78 is 38.5. The van der Waals surface area contributed by atoms with Crippen molar-refractivity contribution in [1.82, 2.24) is 0 Å². The van der Waals surface area contributed by atoms with E-state index in [4.69, 9.17) is 33.2 Å². The van der Waals surface area contributed by atoms with Crippen LogP contribution in [0, 0.1) is 56.7 Å². The number of ether oxygens (including phenoxy) is 7. The zero-order valence-electron chi connectivity index (χ0n) is 48.4. The fourth-order valence-electron chi connectivity index (χ4n) is 13.1. The molecule has 14 nitrogen and oxygen atoms in total. The van der Waals surface area contributed by atoms with Crippen LogP contribution in [-0.4, -0.2) is 94.9 Å². The Kier molecular flexibility index (Phi) is 18.3. The summed E-state index contributed by atoms with van der Waals surface area (Å²) in [4.78, 5) is 71.3. The largest absolute Gasteiger partial charge is 0.463 e. The first-order chi connectivity index (χ1) is 34.3. The molecule has 4 heterocycles. The fourth-order valence-corrected chi connectivity index (χ4v) is 13.1. The summed E-state index contributed by atoms with van der Waals surface area (Å²) in [6, 6.07) is 0. The third kappa shape index (κ3) is 13.3. The van der Waals surface area contributed by atoms with Crippen LogP contribution in [0.15, 0.2) is 0 Å². The summed E-state index contributed by atoms with van der Waals surface area (Å²) in [6.07, 6.45) is 17.6. The molecule has 0 aromatic heterocycles. The smallest absolute Gasteiger partial charge is 0.347 e. The van der Waals surface area contributed by atoms with Crippen LogP contribution in [0.4, 0.5) is 0 Å². The molecule has 422 valence electrons. The highest BCUT2D eigenvalue weighted by Crippen LogP contribution is 2.59. The van der Waals surface area contributed by atoms with Crippen LogP contribution in [0.25, 0.3) is 0 Å². The second-order valence-electron chi connectivity index (χ2n) is 27.9. The highest BCUT2D eigenvalue weighted by atomic mass is 16.7. The maximum absolute atomic E-state index is 12.7. The molecule has 6 aliphatic carbocycles. The minimum atomic E-state index is -0.687. The van der Waals surface area contributed by atoms with Crippen molar-refractivity contribution in [2.24, 2.45) is 56.7 Å². The van der Waals surface area contributed by atoms with Gasteiger partial charge in [0.2, 0.25) is 6.10 Å². The van der Waals surface area contributed by atoms with Crippen LogP contribution in [0.1, 0.15) is 232 Å². The Labute approximate surface area is 444 Å². The van der Waals surface area contributed by atoms with Gasteiger partial charge in [0.25, 0.3) is 0 Å². The summed E-state index contributed by atoms with van der Waals surface area (Å²) in [7, 11) is 0. The molecule has 10 aliphatic rings. The van der Waals surface area contributed by atoms with Crippen LogP contribution in [-0.2, 0) is 61.9 Å². The van der Waals surface area contributed by atoms with Crippen molar-refractivity contribution in [3.63, 3.8) is 0 Å². The number of rotatable bonds is 13. The molecule has 10 rings (SSSR count). The molecule has 10 fully saturated rings. The molecule has 1 N–H and O–H groups in total. The van der Waals surface area contributed by atoms with Crippen molar-refractivity contribution in [3.8, 4) is 0 Å². The Morgan fingerprint density at radius 2 is 1.11 bits per heavy atom. The topological polar surface area (TPSA) is 187 Å². The quantitative estimate of drug-likeness (QED) is 0.136. The first-order valence-electron chi connectivity index (χ1n) is 28.9. The van der Waals surface area contributed by atoms with Crippen LogP contribution in [0.5, 0.6) is 0 Å². The Balaban J connectivity index is 0.000000163. The minimum Gasteiger partial charge on any atom is -0.463 e. The van der Waals surface area contributed by atoms with Gasteiger partial charge in [-0.3, -0.25) is 24.0 Å². The van der Waals surface area contributed by atoms with Crippen LogP contribution in [0.3, 0.4) is 0 Å². The van der Waals surface area contributed by atoms with Gasteiger partial charge in [-0.15, -0.1) is 0 Å². The predicted molar refractivity (Wildman–Crippen MR) is 279 cm³/mol. The maximum Gasteiger partial charge on any atom is 0.347 e. The lowest BCUT2D eigenvalue weighted by Crippen LogP contribution is -2.61. The van der Waals surface area contributed by atoms with E-state index in [1.165, 1.54) is 44.9 Å². The highest BCUT2D eigenvalue weighted by molar-refractivity contribution is 5.83. The van der Waals surface area contributed by atoms with E-state index in [0.717, 1.165) is 57.3 Å². The average Bonchev–Trinajstić information content (AvgIpc) is 4.17. The van der Waals surface area contributed by atoms with Crippen molar-refractivity contribution < 1.29 is 67.0 Å². The van der Waals surface area contributed by atoms with E-state index in [0.29, 0.717) is 61.9 Å². The van der Waals surface area contributed by atoms with E-state index in [1.807, 2.05) is 62.3 Å². The molecule has 74 heavy (non-hydrogen) atoms. The van der Waals surface area contributed by atoms with Gasteiger partial charge in [0.05, 0.1) is 45.9 Å². The molecule has 0 amide bonds. The van der Waals surface area contributed by atoms with E-state index in [-0.39, 0.29) is 64.6 Å². The number of cyclic esters (lactones) is 1. The lowest BCUT2D eigenvalue weighted by Gasteiger charge is -2.59. The number of hydrogen-bond donors (Lipinski definition) is 1. The molecule has 0 spiro atoms. The molecule has 6 bridgehead atoms. The van der Waals surface area contributed by atoms with Crippen molar-refractivity contribution in [2.45, 2.75) is 280 Å². The van der Waals surface area contributed by atoms with Gasteiger partial charge in [-0.05, 0) is 200 Å². The van der Waals surface area contributed by atoms with Crippen molar-refractivity contribution >= 4 is 35.8 Å². The van der Waals surface area contributed by atoms with Gasteiger partial charge in [0, 0.05) is 12.8 Å². The Morgan fingerprint density at radius 3 is 1.58 bits per heavy atom. The van der Waals surface area contributed by atoms with Crippen molar-refractivity contribution in [2.75, 3.05) is 6.61 Å². The standard InChI is InChI=1S/C21H38O2.C16H26O3.C13H18O5.C10H16O4/c1-7-20(5,6)18(22)23-21(14-8-9-15-21)17-12-10-16(11-13-17)19(2,3)4;1-4-14(2,3)13(17)19-16-8-11-5-12(9-16)7-15(18,6-11)10-16;1-4-13(2,3)12(15)18-9-7-5-6-8(16-7)10(9)17-11(6)14;1-4-10(2,3)9(12)14-7-5-6-13-8(7)11/h16-17H,7-15H2,1-6H3;11-12,18H,4-10H2,1-3H3;6-10H,4-5H2,1-3H3;7H,4-6H2,1-3H3. The van der Waals surface area contributed by atoms with Gasteiger partial charge in [0.15, 0.2) is 12.2 Å². The van der Waals surface area contributed by atoms with Gasteiger partial charge < -0.3 is 38.3 Å². The first kappa shape index (κ1) is 60.0. The van der Waals surface area contributed by atoms with Gasteiger partial charge in [0.1, 0.15) is 17.3 Å². The molecule has 8 unspecified atom stereocenters. The molecule has 4 saturated heterocycles. The lowest BCUT2D eigenvalue weighted by molar-refractivity contribution is -0.225. The average molecular weight is 1040 g/mol. The Hall–Kier alpha value is -3.26. The minimum absolute atomic E-state index is 0.0276. The van der Waals surface area contributed by atoms with E-state index >= 15 is 0 Å². The number of carbonyl (C=O) groups is 6. The molecule has 0 aromatic carbocycles. The number of fused-ring (bicyclic) bond motifs is 1. The number of hydrogen-bond acceptors (Lipinski definition) is 14. The third-order valence-corrected chi connectivity index (χ3v) is 19.6. The SMILES string of the molecule is CCC(C)(C)C(=O)OC1(C2CCC(C(C)(C)C)CC2)CCCC1.CCC(C)(C)C(=O)OC12CC3CC(CC(O)(C3)C1)C2.CCC(C)(C)C(=O)OC1C2CC3C(=O)OC1C3O2.CCC(C)(C)C(=O)OC1CCOC1=O. The van der Waals surface area contributed by atoms with E-state index in [2.05, 4.69) is 27.7 Å². The second-order valence-corrected chi connectivity index (χ2v) is 27.9. The van der Waals surface area contributed by atoms with Gasteiger partial charge in [-0.1, -0.05) is 48.5 Å². The van der Waals surface area contributed by atoms with Gasteiger partial charge >= 0.3 is 35.8 Å². The Morgan fingerprint density at radius 1 is 0.608 bits per heavy atom. The summed E-state index contributed by atoms with van der Waals surface area (Å²) in [6.45, 7) is 30.7. The summed E-state index contributed by atoms with van der Waals surface area (Å²) in [5.41, 5.74) is -2.44. The number of esters is 6. The molecule has 4 aliphatic heterocycles. The van der Waals surface area contributed by atoms with Crippen LogP contribution >= 0.6 is 0 Å². The molecule has 6 saturated carbocycles. The van der Waals surface area contributed by atoms with E-state index in [1.54, 1.807) is 13.8 Å². The van der Waals surface area contributed by atoms with Crippen LogP contribution < -0.4 is 0 Å². The van der Waals surface area contributed by atoms with Crippen molar-refractivity contribution in [1.29, 1.82) is 0 Å². The molecule has 0 aromatic rings. The zero-order valence-corrected chi connectivity index (χ0v) is 48.4. The Bertz CT molecular complexity index is 2000. The lowest BCUT2D eigenvalue weighted by atomic mass is 9.52. The fraction of sp³-hybridized carbons (Fsp3) is 0.900. The molecule has 8 atom stereocenters. The maximum atomic E-state index is 12.7. The monoisotopic (exact) mass is 1040 g/mol. The second kappa shape index (κ2) is 22.6. The molecular formula is C60H98O14. The summed E-state index contributed by atoms with van der Waals surface area (Å²) in [5, 5.41) is 10.6. The van der Waals surface area contributed by atoms with E-state index in [9.17, 15) is 33.9 Å².